The molecule has 5 nitrogen and oxygen atoms in total. The first kappa shape index (κ1) is 16.4. The highest BCUT2D eigenvalue weighted by Crippen LogP contribution is 2.15. The molecule has 24 heavy (non-hydrogen) atoms. The molecule has 126 valence electrons. The van der Waals surface area contributed by atoms with Crippen LogP contribution in [0.1, 0.15) is 23.1 Å². The molecule has 0 aliphatic carbocycles. The van der Waals surface area contributed by atoms with Gasteiger partial charge in [-0.15, -0.1) is 0 Å². The molecule has 1 aromatic heterocycles. The van der Waals surface area contributed by atoms with Crippen LogP contribution in [0.4, 0.5) is 5.82 Å². The predicted molar refractivity (Wildman–Crippen MR) is 95.1 cm³/mol. The van der Waals surface area contributed by atoms with Gasteiger partial charge in [0.15, 0.2) is 0 Å². The summed E-state index contributed by atoms with van der Waals surface area (Å²) in [7, 11) is 0. The van der Waals surface area contributed by atoms with Crippen LogP contribution < -0.4 is 4.90 Å². The molecule has 2 aromatic rings. The zero-order chi connectivity index (χ0) is 16.9. The Balaban J connectivity index is 1.50. The summed E-state index contributed by atoms with van der Waals surface area (Å²) in [6.45, 7) is 7.34. The Hall–Kier alpha value is -2.43. The molecule has 5 heteroatoms. The van der Waals surface area contributed by atoms with Gasteiger partial charge in [-0.25, -0.2) is 4.98 Å². The Labute approximate surface area is 143 Å². The van der Waals surface area contributed by atoms with E-state index in [1.54, 1.807) is 18.6 Å². The lowest BCUT2D eigenvalue weighted by atomic mass is 10.0. The number of aromatic nitrogens is 2. The van der Waals surface area contributed by atoms with Gasteiger partial charge in [-0.2, -0.15) is 0 Å². The zero-order valence-electron chi connectivity index (χ0n) is 14.4. The highest BCUT2D eigenvalue weighted by molar-refractivity contribution is 5.76. The summed E-state index contributed by atoms with van der Waals surface area (Å²) in [5, 5.41) is 0. The van der Waals surface area contributed by atoms with E-state index in [9.17, 15) is 4.79 Å². The number of amides is 1. The summed E-state index contributed by atoms with van der Waals surface area (Å²) in [4.78, 5) is 25.1. The van der Waals surface area contributed by atoms with Crippen LogP contribution in [0.5, 0.6) is 0 Å². The molecule has 1 aliphatic rings. The molecule has 0 radical (unpaired) electrons. The Morgan fingerprint density at radius 3 is 2.58 bits per heavy atom. The minimum Gasteiger partial charge on any atom is -0.352 e. The molecular formula is C19H24N4O. The molecule has 0 N–H and O–H groups in total. The number of nitrogens with zero attached hydrogens (tertiary/aromatic N) is 4. The van der Waals surface area contributed by atoms with Crippen molar-refractivity contribution in [3.05, 3.63) is 53.5 Å². The van der Waals surface area contributed by atoms with Gasteiger partial charge >= 0.3 is 0 Å². The minimum absolute atomic E-state index is 0.244. The lowest BCUT2D eigenvalue weighted by Gasteiger charge is -2.35. The molecule has 1 saturated heterocycles. The van der Waals surface area contributed by atoms with Crippen LogP contribution in [0.15, 0.2) is 36.8 Å². The zero-order valence-corrected chi connectivity index (χ0v) is 14.4. The average molecular weight is 324 g/mol. The highest BCUT2D eigenvalue weighted by atomic mass is 16.2. The normalized spacial score (nSPS) is 14.8. The first-order chi connectivity index (χ1) is 11.6. The van der Waals surface area contributed by atoms with E-state index in [1.165, 1.54) is 16.7 Å². The van der Waals surface area contributed by atoms with Crippen molar-refractivity contribution < 1.29 is 4.79 Å². The van der Waals surface area contributed by atoms with Gasteiger partial charge in [-0.3, -0.25) is 9.78 Å². The molecule has 0 atom stereocenters. The maximum Gasteiger partial charge on any atom is 0.223 e. The third kappa shape index (κ3) is 3.91. The van der Waals surface area contributed by atoms with Gasteiger partial charge in [-0.1, -0.05) is 23.8 Å². The maximum atomic E-state index is 12.5. The van der Waals surface area contributed by atoms with E-state index in [2.05, 4.69) is 46.9 Å². The molecule has 1 fully saturated rings. The van der Waals surface area contributed by atoms with Gasteiger partial charge in [0.1, 0.15) is 5.82 Å². The number of carbonyl (C=O) groups is 1. The molecule has 0 bridgehead atoms. The molecule has 0 saturated carbocycles. The monoisotopic (exact) mass is 324 g/mol. The van der Waals surface area contributed by atoms with E-state index < -0.39 is 0 Å². The van der Waals surface area contributed by atoms with Crippen molar-refractivity contribution in [1.82, 2.24) is 14.9 Å². The molecule has 1 aromatic carbocycles. The number of piperazine rings is 1. The van der Waals surface area contributed by atoms with Crippen LogP contribution in [0.2, 0.25) is 0 Å². The van der Waals surface area contributed by atoms with E-state index in [4.69, 9.17) is 0 Å². The van der Waals surface area contributed by atoms with E-state index in [-0.39, 0.29) is 5.91 Å². The molecule has 2 heterocycles. The van der Waals surface area contributed by atoms with Gasteiger partial charge in [0.05, 0.1) is 6.20 Å². The van der Waals surface area contributed by atoms with E-state index in [1.807, 2.05) is 4.90 Å². The van der Waals surface area contributed by atoms with Crippen LogP contribution in [-0.4, -0.2) is 47.0 Å². The van der Waals surface area contributed by atoms with Crippen molar-refractivity contribution in [2.75, 3.05) is 31.1 Å². The van der Waals surface area contributed by atoms with Crippen LogP contribution in [0.25, 0.3) is 0 Å². The number of aryl methyl sites for hydroxylation is 3. The van der Waals surface area contributed by atoms with Gasteiger partial charge in [0.2, 0.25) is 5.91 Å². The number of carbonyl (C=O) groups excluding carboxylic acids is 1. The molecule has 0 spiro atoms. The largest absolute Gasteiger partial charge is 0.352 e. The van der Waals surface area contributed by atoms with Crippen molar-refractivity contribution in [3.8, 4) is 0 Å². The minimum atomic E-state index is 0.244. The molecule has 0 unspecified atom stereocenters. The van der Waals surface area contributed by atoms with Crippen LogP contribution in [0.3, 0.4) is 0 Å². The second-order valence-corrected chi connectivity index (χ2v) is 6.36. The number of hydrogen-bond acceptors (Lipinski definition) is 4. The van der Waals surface area contributed by atoms with E-state index >= 15 is 0 Å². The number of hydrogen-bond donors (Lipinski definition) is 0. The Morgan fingerprint density at radius 1 is 1.12 bits per heavy atom. The topological polar surface area (TPSA) is 49.3 Å². The Bertz CT molecular complexity index is 694. The molecule has 3 rings (SSSR count). The third-order valence-electron chi connectivity index (χ3n) is 4.61. The average Bonchev–Trinajstić information content (AvgIpc) is 2.62. The van der Waals surface area contributed by atoms with Crippen molar-refractivity contribution >= 4 is 11.7 Å². The third-order valence-corrected chi connectivity index (χ3v) is 4.61. The fourth-order valence-electron chi connectivity index (χ4n) is 3.17. The number of rotatable bonds is 4. The molecule has 1 amide bonds. The first-order valence-corrected chi connectivity index (χ1v) is 8.48. The number of benzene rings is 1. The van der Waals surface area contributed by atoms with Crippen molar-refractivity contribution in [2.45, 2.75) is 26.7 Å². The van der Waals surface area contributed by atoms with Gasteiger partial charge in [0, 0.05) is 45.0 Å². The van der Waals surface area contributed by atoms with Crippen LogP contribution in [0, 0.1) is 13.8 Å². The van der Waals surface area contributed by atoms with E-state index in [0.717, 1.165) is 38.4 Å². The van der Waals surface area contributed by atoms with Gasteiger partial charge in [0.25, 0.3) is 0 Å². The lowest BCUT2D eigenvalue weighted by molar-refractivity contribution is -0.131. The smallest absolute Gasteiger partial charge is 0.223 e. The summed E-state index contributed by atoms with van der Waals surface area (Å²) in [6, 6.07) is 6.44. The highest BCUT2D eigenvalue weighted by Gasteiger charge is 2.21. The van der Waals surface area contributed by atoms with Gasteiger partial charge in [-0.05, 0) is 31.4 Å². The van der Waals surface area contributed by atoms with Gasteiger partial charge < -0.3 is 9.80 Å². The van der Waals surface area contributed by atoms with Crippen LogP contribution >= 0.6 is 0 Å². The summed E-state index contributed by atoms with van der Waals surface area (Å²) in [6.07, 6.45) is 6.55. The fourth-order valence-corrected chi connectivity index (χ4v) is 3.17. The number of anilines is 1. The second kappa shape index (κ2) is 7.43. The van der Waals surface area contributed by atoms with Crippen molar-refractivity contribution in [1.29, 1.82) is 0 Å². The quantitative estimate of drug-likeness (QED) is 0.866. The van der Waals surface area contributed by atoms with Crippen molar-refractivity contribution in [2.24, 2.45) is 0 Å². The molecular weight excluding hydrogens is 300 g/mol. The Morgan fingerprint density at radius 2 is 1.92 bits per heavy atom. The lowest BCUT2D eigenvalue weighted by Crippen LogP contribution is -2.49. The maximum absolute atomic E-state index is 12.5. The van der Waals surface area contributed by atoms with Crippen LogP contribution in [-0.2, 0) is 11.2 Å². The second-order valence-electron chi connectivity index (χ2n) is 6.36. The SMILES string of the molecule is Cc1ccc(CCC(=O)N2CCN(c3cnccn3)CC2)c(C)c1. The summed E-state index contributed by atoms with van der Waals surface area (Å²) in [5.74, 6) is 1.13. The standard InChI is InChI=1S/C19H24N4O/c1-15-3-4-17(16(2)13-15)5-6-19(24)23-11-9-22(10-12-23)18-14-20-7-8-21-18/h3-4,7-8,13-14H,5-6,9-12H2,1-2H3. The Kier molecular flexibility index (Phi) is 5.08. The fraction of sp³-hybridized carbons (Fsp3) is 0.421. The predicted octanol–water partition coefficient (Wildman–Crippen LogP) is 2.37. The summed E-state index contributed by atoms with van der Waals surface area (Å²) >= 11 is 0. The van der Waals surface area contributed by atoms with E-state index in [0.29, 0.717) is 6.42 Å². The first-order valence-electron chi connectivity index (χ1n) is 8.48. The molecule has 1 aliphatic heterocycles. The summed E-state index contributed by atoms with van der Waals surface area (Å²) < 4.78 is 0. The summed E-state index contributed by atoms with van der Waals surface area (Å²) in [5.41, 5.74) is 3.81. The van der Waals surface area contributed by atoms with Crippen molar-refractivity contribution in [3.63, 3.8) is 0 Å².